The molecule has 1 amide bonds. The summed E-state index contributed by atoms with van der Waals surface area (Å²) in [6, 6.07) is 9.94. The molecule has 3 fully saturated rings. The van der Waals surface area contributed by atoms with Crippen molar-refractivity contribution in [1.82, 2.24) is 19.7 Å². The molecule has 2 aromatic heterocycles. The van der Waals surface area contributed by atoms with Gasteiger partial charge in [0.2, 0.25) is 0 Å². The first kappa shape index (κ1) is 20.7. The molecule has 2 aliphatic heterocycles. The molecule has 1 saturated carbocycles. The van der Waals surface area contributed by atoms with Gasteiger partial charge < -0.3 is 9.64 Å². The predicted octanol–water partition coefficient (Wildman–Crippen LogP) is 4.34. The van der Waals surface area contributed by atoms with Gasteiger partial charge in [0, 0.05) is 17.9 Å². The Balaban J connectivity index is 1.46. The summed E-state index contributed by atoms with van der Waals surface area (Å²) in [7, 11) is 0. The number of nitrogens with zero attached hydrogens (tertiary/aromatic N) is 4. The number of aryl methyl sites for hydroxylation is 2. The zero-order valence-corrected chi connectivity index (χ0v) is 18.5. The molecule has 0 radical (unpaired) electrons. The Kier molecular flexibility index (Phi) is 5.19. The van der Waals surface area contributed by atoms with Crippen molar-refractivity contribution in [2.75, 3.05) is 6.61 Å². The van der Waals surface area contributed by atoms with Crippen LogP contribution in [0, 0.1) is 31.5 Å². The number of hydrogen-bond acceptors (Lipinski definition) is 4. The van der Waals surface area contributed by atoms with E-state index in [1.54, 1.807) is 23.0 Å². The first-order valence-electron chi connectivity index (χ1n) is 11.1. The third-order valence-corrected chi connectivity index (χ3v) is 6.89. The molecule has 7 heteroatoms. The Morgan fingerprint density at radius 1 is 1.16 bits per heavy atom. The maximum atomic E-state index is 13.9. The van der Waals surface area contributed by atoms with Crippen molar-refractivity contribution >= 4 is 5.91 Å². The van der Waals surface area contributed by atoms with Crippen molar-refractivity contribution in [3.8, 4) is 11.4 Å². The number of fused-ring (bicyclic) bond motifs is 2. The Morgan fingerprint density at radius 3 is 2.59 bits per heavy atom. The molecule has 2 atom stereocenters. The van der Waals surface area contributed by atoms with Gasteiger partial charge in [0.15, 0.2) is 5.69 Å². The van der Waals surface area contributed by atoms with E-state index in [1.165, 1.54) is 12.1 Å². The van der Waals surface area contributed by atoms with Crippen LogP contribution in [0.5, 0.6) is 5.75 Å². The van der Waals surface area contributed by atoms with E-state index in [9.17, 15) is 9.18 Å². The predicted molar refractivity (Wildman–Crippen MR) is 118 cm³/mol. The first-order chi connectivity index (χ1) is 15.4. The summed E-state index contributed by atoms with van der Waals surface area (Å²) in [5.41, 5.74) is 2.90. The first-order valence-corrected chi connectivity index (χ1v) is 11.1. The van der Waals surface area contributed by atoms with Gasteiger partial charge in [-0.05, 0) is 80.5 Å². The van der Waals surface area contributed by atoms with Gasteiger partial charge in [-0.3, -0.25) is 4.79 Å². The monoisotopic (exact) mass is 434 g/mol. The number of aromatic nitrogens is 3. The van der Waals surface area contributed by atoms with E-state index in [1.807, 2.05) is 37.1 Å². The number of halogens is 1. The number of hydrogen-bond donors (Lipinski definition) is 0. The molecular formula is C25H27FN4O2. The molecule has 6 nitrogen and oxygen atoms in total. The maximum Gasteiger partial charge on any atom is 0.275 e. The van der Waals surface area contributed by atoms with Crippen molar-refractivity contribution in [1.29, 1.82) is 0 Å². The van der Waals surface area contributed by atoms with Crippen LogP contribution in [0.15, 0.2) is 48.8 Å². The highest BCUT2D eigenvalue weighted by molar-refractivity contribution is 5.96. The highest BCUT2D eigenvalue weighted by Crippen LogP contribution is 2.47. The van der Waals surface area contributed by atoms with Gasteiger partial charge in [0.05, 0.1) is 17.9 Å². The van der Waals surface area contributed by atoms with E-state index < -0.39 is 0 Å². The second-order valence-electron chi connectivity index (χ2n) is 9.07. The van der Waals surface area contributed by atoms with Gasteiger partial charge in [-0.1, -0.05) is 6.92 Å². The second-order valence-corrected chi connectivity index (χ2v) is 9.07. The molecule has 2 saturated heterocycles. The van der Waals surface area contributed by atoms with E-state index in [0.717, 1.165) is 24.1 Å². The average molecular weight is 435 g/mol. The van der Waals surface area contributed by atoms with E-state index in [-0.39, 0.29) is 23.8 Å². The number of rotatable bonds is 5. The van der Waals surface area contributed by atoms with Gasteiger partial charge in [0.25, 0.3) is 5.91 Å². The summed E-state index contributed by atoms with van der Waals surface area (Å²) in [6.07, 6.45) is 5.70. The Hall–Kier alpha value is -3.22. The lowest BCUT2D eigenvalue weighted by atomic mass is 9.64. The quantitative estimate of drug-likeness (QED) is 0.599. The van der Waals surface area contributed by atoms with Crippen LogP contribution in [-0.2, 0) is 0 Å². The Bertz CT molecular complexity index is 1140. The van der Waals surface area contributed by atoms with Crippen molar-refractivity contribution in [2.45, 2.75) is 45.7 Å². The molecule has 2 bridgehead atoms. The minimum atomic E-state index is -0.298. The van der Waals surface area contributed by atoms with E-state index in [4.69, 9.17) is 4.74 Å². The molecule has 4 heterocycles. The van der Waals surface area contributed by atoms with Crippen LogP contribution in [0.2, 0.25) is 0 Å². The second kappa shape index (κ2) is 8.04. The summed E-state index contributed by atoms with van der Waals surface area (Å²) in [5.74, 6) is 1.13. The molecule has 0 N–H and O–H groups in total. The number of pyridine rings is 1. The van der Waals surface area contributed by atoms with Crippen molar-refractivity contribution in [2.24, 2.45) is 11.8 Å². The molecule has 3 aliphatic rings. The number of ether oxygens (including phenoxy) is 1. The summed E-state index contributed by atoms with van der Waals surface area (Å²) in [6.45, 7) is 6.42. The zero-order chi connectivity index (χ0) is 22.4. The molecule has 0 spiro atoms. The topological polar surface area (TPSA) is 60.2 Å². The van der Waals surface area contributed by atoms with Crippen LogP contribution in [0.4, 0.5) is 4.39 Å². The van der Waals surface area contributed by atoms with Gasteiger partial charge >= 0.3 is 0 Å². The lowest BCUT2D eigenvalue weighted by molar-refractivity contribution is -0.0673. The Morgan fingerprint density at radius 2 is 1.91 bits per heavy atom. The normalized spacial score (nSPS) is 24.2. The van der Waals surface area contributed by atoms with Crippen LogP contribution in [0.25, 0.3) is 5.69 Å². The third kappa shape index (κ3) is 3.66. The van der Waals surface area contributed by atoms with Gasteiger partial charge in [-0.2, -0.15) is 5.10 Å². The maximum absolute atomic E-state index is 13.9. The molecule has 1 aromatic carbocycles. The molecule has 166 valence electrons. The van der Waals surface area contributed by atoms with Crippen molar-refractivity contribution in [3.05, 3.63) is 71.6 Å². The summed E-state index contributed by atoms with van der Waals surface area (Å²) < 4.78 is 21.0. The lowest BCUT2D eigenvalue weighted by Crippen LogP contribution is -2.64. The molecule has 32 heavy (non-hydrogen) atoms. The van der Waals surface area contributed by atoms with E-state index in [2.05, 4.69) is 17.0 Å². The minimum Gasteiger partial charge on any atom is -0.491 e. The van der Waals surface area contributed by atoms with Crippen LogP contribution in [-0.4, -0.2) is 44.3 Å². The fraction of sp³-hybridized carbons (Fsp3) is 0.400. The summed E-state index contributed by atoms with van der Waals surface area (Å²) in [5, 5.41) is 4.40. The zero-order valence-electron chi connectivity index (χ0n) is 18.5. The van der Waals surface area contributed by atoms with Crippen LogP contribution in [0.3, 0.4) is 0 Å². The Labute approximate surface area is 187 Å². The van der Waals surface area contributed by atoms with Crippen molar-refractivity contribution < 1.29 is 13.9 Å². The van der Waals surface area contributed by atoms with Crippen LogP contribution >= 0.6 is 0 Å². The number of benzene rings is 1. The number of carbonyl (C=O) groups excluding carboxylic acids is 1. The number of piperidine rings is 2. The molecular weight excluding hydrogens is 407 g/mol. The minimum absolute atomic E-state index is 0.0698. The van der Waals surface area contributed by atoms with Gasteiger partial charge in [-0.25, -0.2) is 14.1 Å². The molecule has 3 aromatic rings. The van der Waals surface area contributed by atoms with Crippen LogP contribution in [0.1, 0.15) is 41.5 Å². The number of carbonyl (C=O) groups is 1. The molecule has 6 rings (SSSR count). The average Bonchev–Trinajstić information content (AvgIpc) is 3.18. The highest BCUT2D eigenvalue weighted by Gasteiger charge is 2.51. The standard InChI is InChI=1S/C25H27FN4O2/c1-15-12-27-29(13-15)22-9-4-16(2)28-24(22)25(31)30-20-10-18(11-20)17(3)23(30)14-32-21-7-5-19(26)6-8-21/h4-9,12-13,17-18,20,23H,10-11,14H2,1-3H3/t17-,18?,20?,23?/m1/s1. The highest BCUT2D eigenvalue weighted by atomic mass is 19.1. The van der Waals surface area contributed by atoms with Gasteiger partial charge in [0.1, 0.15) is 18.2 Å². The lowest BCUT2D eigenvalue weighted by Gasteiger charge is -2.57. The summed E-state index contributed by atoms with van der Waals surface area (Å²) in [4.78, 5) is 20.5. The van der Waals surface area contributed by atoms with E-state index in [0.29, 0.717) is 35.6 Å². The SMILES string of the molecule is Cc1cnn(-c2ccc(C)nc2C(=O)N2C3CC(C3)[C@@H](C)C2COc2ccc(F)cc2)c1. The fourth-order valence-corrected chi connectivity index (χ4v) is 4.94. The smallest absolute Gasteiger partial charge is 0.275 e. The summed E-state index contributed by atoms with van der Waals surface area (Å²) >= 11 is 0. The molecule has 1 aliphatic carbocycles. The largest absolute Gasteiger partial charge is 0.491 e. The van der Waals surface area contributed by atoms with Gasteiger partial charge in [-0.15, -0.1) is 0 Å². The van der Waals surface area contributed by atoms with Crippen molar-refractivity contribution in [3.63, 3.8) is 0 Å². The number of amides is 1. The van der Waals surface area contributed by atoms with Crippen LogP contribution < -0.4 is 4.74 Å². The van der Waals surface area contributed by atoms with E-state index >= 15 is 0 Å². The molecule has 1 unspecified atom stereocenters. The fourth-order valence-electron chi connectivity index (χ4n) is 4.94. The third-order valence-electron chi connectivity index (χ3n) is 6.89.